The number of Topliss-reactive ketones (excluding diaryl/α,β-unsaturated/α-hetero) is 1. The first-order valence-corrected chi connectivity index (χ1v) is 6.68. The van der Waals surface area contributed by atoms with Gasteiger partial charge in [0.05, 0.1) is 5.69 Å². The first-order valence-electron chi connectivity index (χ1n) is 6.68. The van der Waals surface area contributed by atoms with Crippen molar-refractivity contribution >= 4 is 11.5 Å². The van der Waals surface area contributed by atoms with Gasteiger partial charge in [0, 0.05) is 18.7 Å². The Labute approximate surface area is 108 Å². The van der Waals surface area contributed by atoms with Crippen LogP contribution in [0, 0.1) is 11.7 Å². The molecule has 1 saturated heterocycles. The summed E-state index contributed by atoms with van der Waals surface area (Å²) in [6.07, 6.45) is 3.36. The highest BCUT2D eigenvalue weighted by atomic mass is 19.1. The summed E-state index contributed by atoms with van der Waals surface area (Å²) in [5, 5.41) is 0. The molecular weight excluding hydrogens is 229 g/mol. The van der Waals surface area contributed by atoms with E-state index in [1.165, 1.54) is 19.4 Å². The monoisotopic (exact) mass is 249 g/mol. The Balaban J connectivity index is 2.26. The van der Waals surface area contributed by atoms with Gasteiger partial charge in [-0.05, 0) is 37.8 Å². The molecule has 1 fully saturated rings. The molecule has 0 amide bonds. The molecule has 0 saturated carbocycles. The van der Waals surface area contributed by atoms with Crippen LogP contribution in [0.2, 0.25) is 0 Å². The van der Waals surface area contributed by atoms with Crippen molar-refractivity contribution in [1.82, 2.24) is 0 Å². The topological polar surface area (TPSA) is 20.3 Å². The predicted molar refractivity (Wildman–Crippen MR) is 71.6 cm³/mol. The molecule has 2 nitrogen and oxygen atoms in total. The number of hydrogen-bond donors (Lipinski definition) is 0. The third kappa shape index (κ3) is 2.55. The zero-order valence-electron chi connectivity index (χ0n) is 11.1. The molecule has 0 N–H and O–H groups in total. The zero-order valence-corrected chi connectivity index (χ0v) is 11.1. The highest BCUT2D eigenvalue weighted by molar-refractivity contribution is 5.99. The van der Waals surface area contributed by atoms with Crippen molar-refractivity contribution in [2.75, 3.05) is 18.0 Å². The molecule has 0 atom stereocenters. The zero-order chi connectivity index (χ0) is 13.1. The largest absolute Gasteiger partial charge is 0.369 e. The number of nitrogens with zero attached hydrogens (tertiary/aromatic N) is 1. The van der Waals surface area contributed by atoms with Gasteiger partial charge in [-0.3, -0.25) is 4.79 Å². The predicted octanol–water partition coefficient (Wildman–Crippen LogP) is 3.65. The maximum absolute atomic E-state index is 14.0. The van der Waals surface area contributed by atoms with Gasteiger partial charge in [-0.1, -0.05) is 19.4 Å². The average molecular weight is 249 g/mol. The van der Waals surface area contributed by atoms with Crippen LogP contribution >= 0.6 is 0 Å². The van der Waals surface area contributed by atoms with Gasteiger partial charge in [0.25, 0.3) is 0 Å². The summed E-state index contributed by atoms with van der Waals surface area (Å²) in [6, 6.07) is 4.76. The number of carbonyl (C=O) groups is 1. The number of benzene rings is 1. The smallest absolute Gasteiger partial charge is 0.161 e. The van der Waals surface area contributed by atoms with Crippen molar-refractivity contribution < 1.29 is 9.18 Å². The molecule has 18 heavy (non-hydrogen) atoms. The van der Waals surface area contributed by atoms with Crippen molar-refractivity contribution in [1.29, 1.82) is 0 Å². The molecule has 2 rings (SSSR count). The Kier molecular flexibility index (Phi) is 4.00. The molecule has 0 bridgehead atoms. The quantitative estimate of drug-likeness (QED) is 0.762. The summed E-state index contributed by atoms with van der Waals surface area (Å²) in [7, 11) is 0. The van der Waals surface area contributed by atoms with E-state index in [9.17, 15) is 9.18 Å². The first-order chi connectivity index (χ1) is 8.63. The third-order valence-electron chi connectivity index (χ3n) is 3.87. The van der Waals surface area contributed by atoms with E-state index in [0.717, 1.165) is 31.8 Å². The Hall–Kier alpha value is -1.38. The minimum Gasteiger partial charge on any atom is -0.369 e. The van der Waals surface area contributed by atoms with Crippen LogP contribution in [0.1, 0.15) is 43.5 Å². The molecule has 1 aliphatic rings. The molecule has 1 aromatic carbocycles. The van der Waals surface area contributed by atoms with Crippen molar-refractivity contribution in [2.24, 2.45) is 5.92 Å². The van der Waals surface area contributed by atoms with Gasteiger partial charge in [0.15, 0.2) is 5.78 Å². The number of para-hydroxylation sites is 1. The number of carbonyl (C=O) groups excluding carboxylic acids is 1. The highest BCUT2D eigenvalue weighted by Crippen LogP contribution is 2.30. The van der Waals surface area contributed by atoms with Gasteiger partial charge in [-0.15, -0.1) is 0 Å². The molecular formula is C15H20FNO. The maximum Gasteiger partial charge on any atom is 0.161 e. The minimum atomic E-state index is -0.280. The minimum absolute atomic E-state index is 0.0675. The normalized spacial score (nSPS) is 16.9. The van der Waals surface area contributed by atoms with Gasteiger partial charge in [0.1, 0.15) is 5.82 Å². The molecule has 0 unspecified atom stereocenters. The molecule has 0 spiro atoms. The van der Waals surface area contributed by atoms with Crippen LogP contribution in [0.15, 0.2) is 18.2 Å². The fraction of sp³-hybridized carbons (Fsp3) is 0.533. The molecule has 98 valence electrons. The van der Waals surface area contributed by atoms with Crippen LogP contribution in [-0.2, 0) is 0 Å². The summed E-state index contributed by atoms with van der Waals surface area (Å²) < 4.78 is 14.0. The Morgan fingerprint density at radius 1 is 1.39 bits per heavy atom. The molecule has 1 aromatic rings. The highest BCUT2D eigenvalue weighted by Gasteiger charge is 2.23. The Morgan fingerprint density at radius 3 is 2.61 bits per heavy atom. The molecule has 0 aromatic heterocycles. The number of ketones is 1. The van der Waals surface area contributed by atoms with E-state index in [2.05, 4.69) is 6.92 Å². The van der Waals surface area contributed by atoms with E-state index >= 15 is 0 Å². The van der Waals surface area contributed by atoms with Crippen molar-refractivity contribution in [2.45, 2.75) is 33.1 Å². The van der Waals surface area contributed by atoms with Crippen LogP contribution in [0.5, 0.6) is 0 Å². The van der Waals surface area contributed by atoms with E-state index < -0.39 is 0 Å². The lowest BCUT2D eigenvalue weighted by atomic mass is 9.93. The summed E-state index contributed by atoms with van der Waals surface area (Å²) in [5.41, 5.74) is 1.00. The van der Waals surface area contributed by atoms with E-state index in [0.29, 0.717) is 11.3 Å². The summed E-state index contributed by atoms with van der Waals surface area (Å²) in [6.45, 7) is 5.39. The molecule has 0 aliphatic carbocycles. The average Bonchev–Trinajstić information content (AvgIpc) is 2.38. The molecule has 1 heterocycles. The van der Waals surface area contributed by atoms with E-state index in [-0.39, 0.29) is 11.6 Å². The van der Waals surface area contributed by atoms with E-state index in [1.807, 2.05) is 4.90 Å². The van der Waals surface area contributed by atoms with Gasteiger partial charge >= 0.3 is 0 Å². The standard InChI is InChI=1S/C15H20FNO/c1-3-12-7-9-17(10-8-12)15-13(11(2)18)5-4-6-14(15)16/h4-6,12H,3,7-10H2,1-2H3. The number of piperidine rings is 1. The maximum atomic E-state index is 14.0. The van der Waals surface area contributed by atoms with Crippen LogP contribution in [0.25, 0.3) is 0 Å². The van der Waals surface area contributed by atoms with Crippen molar-refractivity contribution in [3.8, 4) is 0 Å². The second-order valence-electron chi connectivity index (χ2n) is 5.03. The number of halogens is 1. The number of rotatable bonds is 3. The Morgan fingerprint density at radius 2 is 2.06 bits per heavy atom. The van der Waals surface area contributed by atoms with E-state index in [4.69, 9.17) is 0 Å². The lowest BCUT2D eigenvalue weighted by Gasteiger charge is -2.34. The van der Waals surface area contributed by atoms with Gasteiger partial charge in [0.2, 0.25) is 0 Å². The lowest BCUT2D eigenvalue weighted by molar-refractivity contribution is 0.101. The summed E-state index contributed by atoms with van der Waals surface area (Å²) in [4.78, 5) is 13.6. The third-order valence-corrected chi connectivity index (χ3v) is 3.87. The second-order valence-corrected chi connectivity index (χ2v) is 5.03. The van der Waals surface area contributed by atoms with Crippen LogP contribution in [0.4, 0.5) is 10.1 Å². The molecule has 0 radical (unpaired) electrons. The summed E-state index contributed by atoms with van der Waals surface area (Å²) in [5.74, 6) is 0.397. The van der Waals surface area contributed by atoms with Gasteiger partial charge in [-0.25, -0.2) is 4.39 Å². The SMILES string of the molecule is CCC1CCN(c2c(F)cccc2C(C)=O)CC1. The van der Waals surface area contributed by atoms with Gasteiger partial charge in [-0.2, -0.15) is 0 Å². The Bertz CT molecular complexity index is 436. The lowest BCUT2D eigenvalue weighted by Crippen LogP contribution is -2.35. The molecule has 3 heteroatoms. The molecule has 1 aliphatic heterocycles. The first kappa shape index (κ1) is 13.1. The number of anilines is 1. The van der Waals surface area contributed by atoms with Crippen LogP contribution < -0.4 is 4.90 Å². The number of hydrogen-bond acceptors (Lipinski definition) is 2. The second kappa shape index (κ2) is 5.51. The van der Waals surface area contributed by atoms with Crippen molar-refractivity contribution in [3.05, 3.63) is 29.6 Å². The van der Waals surface area contributed by atoms with Crippen molar-refractivity contribution in [3.63, 3.8) is 0 Å². The fourth-order valence-electron chi connectivity index (χ4n) is 2.69. The van der Waals surface area contributed by atoms with Gasteiger partial charge < -0.3 is 4.90 Å². The van der Waals surface area contributed by atoms with E-state index in [1.54, 1.807) is 12.1 Å². The van der Waals surface area contributed by atoms with Crippen LogP contribution in [-0.4, -0.2) is 18.9 Å². The fourth-order valence-corrected chi connectivity index (χ4v) is 2.69. The van der Waals surface area contributed by atoms with Crippen LogP contribution in [0.3, 0.4) is 0 Å². The summed E-state index contributed by atoms with van der Waals surface area (Å²) >= 11 is 0.